The first-order chi connectivity index (χ1) is 7.83. The average molecular weight is 238 g/mol. The van der Waals surface area contributed by atoms with Crippen LogP contribution in [0.1, 0.15) is 26.2 Å². The van der Waals surface area contributed by atoms with Crippen molar-refractivity contribution in [2.45, 2.75) is 31.1 Å². The van der Waals surface area contributed by atoms with Gasteiger partial charge in [-0.1, -0.05) is 31.5 Å². The van der Waals surface area contributed by atoms with Crippen molar-refractivity contribution in [3.05, 3.63) is 30.3 Å². The number of carbonyl (C=O) groups excluding carboxylic acids is 1. The molecule has 0 aliphatic carbocycles. The minimum Gasteiger partial charge on any atom is -0.466 e. The van der Waals surface area contributed by atoms with Crippen molar-refractivity contribution in [1.29, 1.82) is 0 Å². The third kappa shape index (κ3) is 5.81. The van der Waals surface area contributed by atoms with Gasteiger partial charge in [-0.25, -0.2) is 0 Å². The van der Waals surface area contributed by atoms with Crippen molar-refractivity contribution in [3.8, 4) is 0 Å². The molecule has 2 nitrogen and oxygen atoms in total. The second kappa shape index (κ2) is 8.22. The van der Waals surface area contributed by atoms with Crippen LogP contribution in [0, 0.1) is 0 Å². The van der Waals surface area contributed by atoms with E-state index >= 15 is 0 Å². The predicted octanol–water partition coefficient (Wildman–Crippen LogP) is 3.51. The number of rotatable bonds is 7. The standard InChI is InChI=1S/C13H18O2S/c1-2-3-10-15-13(14)9-11-16-12-7-5-4-6-8-12/h4-8H,2-3,9-11H2,1H3. The lowest BCUT2D eigenvalue weighted by Gasteiger charge is -2.03. The largest absolute Gasteiger partial charge is 0.466 e. The number of thioether (sulfide) groups is 1. The van der Waals surface area contributed by atoms with Crippen LogP contribution in [0.15, 0.2) is 35.2 Å². The number of benzene rings is 1. The highest BCUT2D eigenvalue weighted by Crippen LogP contribution is 2.17. The fourth-order valence-electron chi connectivity index (χ4n) is 1.17. The molecule has 0 aliphatic heterocycles. The summed E-state index contributed by atoms with van der Waals surface area (Å²) in [7, 11) is 0. The number of esters is 1. The Hall–Kier alpha value is -0.960. The highest BCUT2D eigenvalue weighted by molar-refractivity contribution is 7.99. The fourth-order valence-corrected chi connectivity index (χ4v) is 2.03. The van der Waals surface area contributed by atoms with Crippen LogP contribution in [0.4, 0.5) is 0 Å². The first-order valence-electron chi connectivity index (χ1n) is 5.66. The topological polar surface area (TPSA) is 26.3 Å². The summed E-state index contributed by atoms with van der Waals surface area (Å²) in [5, 5.41) is 0. The Balaban J connectivity index is 2.09. The molecule has 16 heavy (non-hydrogen) atoms. The normalized spacial score (nSPS) is 10.1. The molecule has 0 heterocycles. The molecule has 0 amide bonds. The van der Waals surface area contributed by atoms with Crippen LogP contribution in [-0.2, 0) is 9.53 Å². The molecule has 0 atom stereocenters. The van der Waals surface area contributed by atoms with E-state index in [-0.39, 0.29) is 5.97 Å². The van der Waals surface area contributed by atoms with E-state index in [0.717, 1.165) is 18.6 Å². The zero-order valence-electron chi connectivity index (χ0n) is 9.65. The zero-order valence-corrected chi connectivity index (χ0v) is 10.5. The molecule has 0 saturated heterocycles. The first-order valence-corrected chi connectivity index (χ1v) is 6.65. The van der Waals surface area contributed by atoms with Gasteiger partial charge < -0.3 is 4.74 Å². The predicted molar refractivity (Wildman–Crippen MR) is 67.7 cm³/mol. The average Bonchev–Trinajstić information content (AvgIpc) is 2.31. The lowest BCUT2D eigenvalue weighted by Crippen LogP contribution is -2.06. The molecule has 0 bridgehead atoms. The molecule has 0 fully saturated rings. The summed E-state index contributed by atoms with van der Waals surface area (Å²) in [6, 6.07) is 10.1. The molecular formula is C13H18O2S. The lowest BCUT2D eigenvalue weighted by molar-refractivity contribution is -0.143. The van der Waals surface area contributed by atoms with E-state index in [1.54, 1.807) is 11.8 Å². The van der Waals surface area contributed by atoms with E-state index in [1.807, 2.05) is 30.3 Å². The van der Waals surface area contributed by atoms with Crippen LogP contribution >= 0.6 is 11.8 Å². The molecule has 0 radical (unpaired) electrons. The molecule has 0 N–H and O–H groups in total. The van der Waals surface area contributed by atoms with Gasteiger partial charge >= 0.3 is 5.97 Å². The Morgan fingerprint density at radius 1 is 1.31 bits per heavy atom. The van der Waals surface area contributed by atoms with Gasteiger partial charge in [0, 0.05) is 10.6 Å². The Morgan fingerprint density at radius 2 is 2.06 bits per heavy atom. The molecule has 1 aromatic rings. The summed E-state index contributed by atoms with van der Waals surface area (Å²) in [5.74, 6) is 0.700. The smallest absolute Gasteiger partial charge is 0.306 e. The highest BCUT2D eigenvalue weighted by atomic mass is 32.2. The van der Waals surface area contributed by atoms with Crippen molar-refractivity contribution in [2.75, 3.05) is 12.4 Å². The van der Waals surface area contributed by atoms with Gasteiger partial charge in [-0.05, 0) is 18.6 Å². The van der Waals surface area contributed by atoms with Gasteiger partial charge in [0.15, 0.2) is 0 Å². The lowest BCUT2D eigenvalue weighted by atomic mass is 10.4. The Labute approximate surface area is 101 Å². The second-order valence-electron chi connectivity index (χ2n) is 3.49. The van der Waals surface area contributed by atoms with E-state index in [2.05, 4.69) is 6.92 Å². The molecule has 88 valence electrons. The Bertz CT molecular complexity index is 298. The minimum atomic E-state index is -0.0862. The van der Waals surface area contributed by atoms with Gasteiger partial charge in [-0.2, -0.15) is 0 Å². The maximum Gasteiger partial charge on any atom is 0.306 e. The number of hydrogen-bond donors (Lipinski definition) is 0. The van der Waals surface area contributed by atoms with Crippen LogP contribution in [0.5, 0.6) is 0 Å². The van der Waals surface area contributed by atoms with Crippen LogP contribution < -0.4 is 0 Å². The zero-order chi connectivity index (χ0) is 11.6. The third-order valence-electron chi connectivity index (χ3n) is 2.08. The van der Waals surface area contributed by atoms with Crippen molar-refractivity contribution in [2.24, 2.45) is 0 Å². The Kier molecular flexibility index (Phi) is 6.74. The number of unbranched alkanes of at least 4 members (excludes halogenated alkanes) is 1. The summed E-state index contributed by atoms with van der Waals surface area (Å²) < 4.78 is 5.07. The summed E-state index contributed by atoms with van der Waals surface area (Å²) in [6.07, 6.45) is 2.51. The molecule has 0 aliphatic rings. The van der Waals surface area contributed by atoms with Gasteiger partial charge in [0.05, 0.1) is 13.0 Å². The van der Waals surface area contributed by atoms with E-state index in [1.165, 1.54) is 4.90 Å². The molecule has 0 saturated carbocycles. The van der Waals surface area contributed by atoms with E-state index in [4.69, 9.17) is 4.74 Å². The monoisotopic (exact) mass is 238 g/mol. The van der Waals surface area contributed by atoms with E-state index in [9.17, 15) is 4.79 Å². The van der Waals surface area contributed by atoms with Gasteiger partial charge in [-0.3, -0.25) is 4.79 Å². The number of carbonyl (C=O) groups is 1. The van der Waals surface area contributed by atoms with Gasteiger partial charge in [0.2, 0.25) is 0 Å². The molecule has 0 aromatic heterocycles. The second-order valence-corrected chi connectivity index (χ2v) is 4.65. The van der Waals surface area contributed by atoms with E-state index in [0.29, 0.717) is 13.0 Å². The van der Waals surface area contributed by atoms with Crippen LogP contribution in [0.2, 0.25) is 0 Å². The minimum absolute atomic E-state index is 0.0862. The van der Waals surface area contributed by atoms with Crippen LogP contribution in [0.25, 0.3) is 0 Å². The van der Waals surface area contributed by atoms with E-state index < -0.39 is 0 Å². The summed E-state index contributed by atoms with van der Waals surface area (Å²) in [5.41, 5.74) is 0. The fraction of sp³-hybridized carbons (Fsp3) is 0.462. The number of ether oxygens (including phenoxy) is 1. The van der Waals surface area contributed by atoms with Gasteiger partial charge in [-0.15, -0.1) is 11.8 Å². The van der Waals surface area contributed by atoms with Crippen molar-refractivity contribution in [3.63, 3.8) is 0 Å². The Morgan fingerprint density at radius 3 is 2.75 bits per heavy atom. The molecule has 0 unspecified atom stereocenters. The maximum atomic E-state index is 11.3. The highest BCUT2D eigenvalue weighted by Gasteiger charge is 2.02. The van der Waals surface area contributed by atoms with Gasteiger partial charge in [0.25, 0.3) is 0 Å². The van der Waals surface area contributed by atoms with Crippen LogP contribution in [0.3, 0.4) is 0 Å². The summed E-state index contributed by atoms with van der Waals surface area (Å²) in [4.78, 5) is 12.5. The van der Waals surface area contributed by atoms with Crippen molar-refractivity contribution < 1.29 is 9.53 Å². The maximum absolute atomic E-state index is 11.3. The number of hydrogen-bond acceptors (Lipinski definition) is 3. The van der Waals surface area contributed by atoms with Crippen LogP contribution in [-0.4, -0.2) is 18.3 Å². The SMILES string of the molecule is CCCCOC(=O)CCSc1ccccc1. The molecule has 1 aromatic carbocycles. The molecular weight excluding hydrogens is 220 g/mol. The van der Waals surface area contributed by atoms with Gasteiger partial charge in [0.1, 0.15) is 0 Å². The van der Waals surface area contributed by atoms with Crippen molar-refractivity contribution in [1.82, 2.24) is 0 Å². The molecule has 0 spiro atoms. The third-order valence-corrected chi connectivity index (χ3v) is 3.09. The summed E-state index contributed by atoms with van der Waals surface area (Å²) in [6.45, 7) is 2.64. The first kappa shape index (κ1) is 13.1. The molecule has 1 rings (SSSR count). The quantitative estimate of drug-likeness (QED) is 0.413. The summed E-state index contributed by atoms with van der Waals surface area (Å²) >= 11 is 1.69. The molecule has 3 heteroatoms. The van der Waals surface area contributed by atoms with Crippen molar-refractivity contribution >= 4 is 17.7 Å².